The van der Waals surface area contributed by atoms with Crippen LogP contribution in [0, 0.1) is 0 Å². The summed E-state index contributed by atoms with van der Waals surface area (Å²) in [5.74, 6) is 2.90. The van der Waals surface area contributed by atoms with E-state index in [0.717, 1.165) is 24.6 Å². The number of nitrogens with zero attached hydrogens (tertiary/aromatic N) is 2. The van der Waals surface area contributed by atoms with Gasteiger partial charge in [-0.15, -0.1) is 0 Å². The van der Waals surface area contributed by atoms with Gasteiger partial charge in [0, 0.05) is 35.6 Å². The van der Waals surface area contributed by atoms with Gasteiger partial charge in [0.2, 0.25) is 5.88 Å². The van der Waals surface area contributed by atoms with Crippen molar-refractivity contribution in [1.82, 2.24) is 15.0 Å². The molecule has 118 valence electrons. The van der Waals surface area contributed by atoms with Crippen LogP contribution in [-0.4, -0.2) is 28.6 Å². The molecule has 5 nitrogen and oxygen atoms in total. The van der Waals surface area contributed by atoms with Gasteiger partial charge in [0.05, 0.1) is 7.11 Å². The zero-order chi connectivity index (χ0) is 15.6. The number of para-hydroxylation sites is 1. The van der Waals surface area contributed by atoms with E-state index >= 15 is 0 Å². The molecular weight excluding hydrogens is 288 g/mol. The number of aromatic nitrogens is 3. The second-order valence-corrected chi connectivity index (χ2v) is 5.96. The van der Waals surface area contributed by atoms with Crippen LogP contribution in [0.1, 0.15) is 30.1 Å². The molecule has 4 rings (SSSR count). The predicted octanol–water partition coefficient (Wildman–Crippen LogP) is 3.50. The molecule has 5 heteroatoms. The Morgan fingerprint density at radius 2 is 2.13 bits per heavy atom. The van der Waals surface area contributed by atoms with Gasteiger partial charge in [0.25, 0.3) is 0 Å². The Morgan fingerprint density at radius 1 is 1.26 bits per heavy atom. The molecule has 0 atom stereocenters. The molecule has 1 fully saturated rings. The average Bonchev–Trinajstić information content (AvgIpc) is 3.37. The minimum Gasteiger partial charge on any atom is -0.481 e. The lowest BCUT2D eigenvalue weighted by Gasteiger charge is -2.09. The number of hydrogen-bond donors (Lipinski definition) is 2. The minimum absolute atomic E-state index is 0.513. The van der Waals surface area contributed by atoms with Crippen LogP contribution >= 0.6 is 0 Å². The fraction of sp³-hybridized carbons (Fsp3) is 0.333. The number of ether oxygens (including phenoxy) is 1. The first-order valence-corrected chi connectivity index (χ1v) is 8.05. The zero-order valence-electron chi connectivity index (χ0n) is 13.2. The Morgan fingerprint density at radius 3 is 2.96 bits per heavy atom. The highest BCUT2D eigenvalue weighted by atomic mass is 16.5. The van der Waals surface area contributed by atoms with Gasteiger partial charge in [-0.1, -0.05) is 18.2 Å². The first kappa shape index (κ1) is 14.1. The Bertz CT molecular complexity index is 823. The first-order chi connectivity index (χ1) is 11.3. The van der Waals surface area contributed by atoms with Gasteiger partial charge in [0.1, 0.15) is 11.6 Å². The Kier molecular flexibility index (Phi) is 3.61. The fourth-order valence-corrected chi connectivity index (χ4v) is 2.83. The van der Waals surface area contributed by atoms with E-state index in [1.54, 1.807) is 7.11 Å². The average molecular weight is 308 g/mol. The summed E-state index contributed by atoms with van der Waals surface area (Å²) < 4.78 is 5.29. The van der Waals surface area contributed by atoms with E-state index in [-0.39, 0.29) is 0 Å². The number of fused-ring (bicyclic) bond motifs is 1. The lowest BCUT2D eigenvalue weighted by atomic mass is 10.1. The number of aromatic amines is 1. The highest BCUT2D eigenvalue weighted by Crippen LogP contribution is 2.39. The van der Waals surface area contributed by atoms with Crippen molar-refractivity contribution in [1.29, 1.82) is 0 Å². The lowest BCUT2D eigenvalue weighted by Crippen LogP contribution is -2.08. The van der Waals surface area contributed by atoms with Crippen LogP contribution in [0.4, 0.5) is 5.82 Å². The van der Waals surface area contributed by atoms with Crippen LogP contribution in [0.5, 0.6) is 5.88 Å². The van der Waals surface area contributed by atoms with Gasteiger partial charge < -0.3 is 15.0 Å². The van der Waals surface area contributed by atoms with Crippen molar-refractivity contribution in [2.75, 3.05) is 19.0 Å². The van der Waals surface area contributed by atoms with E-state index in [0.29, 0.717) is 11.8 Å². The summed E-state index contributed by atoms with van der Waals surface area (Å²) in [4.78, 5) is 12.4. The minimum atomic E-state index is 0.513. The summed E-state index contributed by atoms with van der Waals surface area (Å²) in [5, 5.41) is 4.69. The quantitative estimate of drug-likeness (QED) is 0.731. The zero-order valence-corrected chi connectivity index (χ0v) is 13.2. The van der Waals surface area contributed by atoms with E-state index in [2.05, 4.69) is 44.7 Å². The maximum Gasteiger partial charge on any atom is 0.218 e. The lowest BCUT2D eigenvalue weighted by molar-refractivity contribution is 0.395. The molecule has 0 radical (unpaired) electrons. The molecule has 1 saturated carbocycles. The summed E-state index contributed by atoms with van der Waals surface area (Å²) in [7, 11) is 1.65. The molecule has 2 N–H and O–H groups in total. The number of rotatable bonds is 6. The molecule has 23 heavy (non-hydrogen) atoms. The third-order valence-electron chi connectivity index (χ3n) is 4.25. The van der Waals surface area contributed by atoms with Crippen molar-refractivity contribution in [2.24, 2.45) is 0 Å². The summed E-state index contributed by atoms with van der Waals surface area (Å²) in [6.45, 7) is 0.826. The van der Waals surface area contributed by atoms with Crippen LogP contribution < -0.4 is 10.1 Å². The van der Waals surface area contributed by atoms with Crippen LogP contribution in [0.2, 0.25) is 0 Å². The number of hydrogen-bond acceptors (Lipinski definition) is 4. The van der Waals surface area contributed by atoms with Gasteiger partial charge >= 0.3 is 0 Å². The van der Waals surface area contributed by atoms with Gasteiger partial charge in [-0.2, -0.15) is 4.98 Å². The molecule has 1 aliphatic carbocycles. The van der Waals surface area contributed by atoms with E-state index in [4.69, 9.17) is 4.74 Å². The Labute approximate surface area is 135 Å². The van der Waals surface area contributed by atoms with Crippen LogP contribution in [0.25, 0.3) is 10.9 Å². The molecule has 2 heterocycles. The summed E-state index contributed by atoms with van der Waals surface area (Å²) in [6, 6.07) is 10.2. The standard InChI is InChI=1S/C18H20N4O/c1-23-17-10-16(21-18(22-17)12-6-7-12)19-9-8-13-11-20-15-5-3-2-4-14(13)15/h2-5,10-12,20H,6-9H2,1H3,(H,19,21,22). The Balaban J connectivity index is 1.45. The van der Waals surface area contributed by atoms with Gasteiger partial charge in [-0.25, -0.2) is 4.98 Å². The van der Waals surface area contributed by atoms with Crippen LogP contribution in [-0.2, 0) is 6.42 Å². The second kappa shape index (κ2) is 5.91. The maximum absolute atomic E-state index is 5.29. The third kappa shape index (κ3) is 2.99. The first-order valence-electron chi connectivity index (χ1n) is 8.05. The molecule has 0 saturated heterocycles. The molecule has 2 aromatic heterocycles. The molecule has 0 bridgehead atoms. The van der Waals surface area contributed by atoms with Crippen molar-refractivity contribution in [3.05, 3.63) is 47.9 Å². The second-order valence-electron chi connectivity index (χ2n) is 5.96. The van der Waals surface area contributed by atoms with Gasteiger partial charge in [-0.05, 0) is 30.9 Å². The molecule has 1 aromatic carbocycles. The third-order valence-corrected chi connectivity index (χ3v) is 4.25. The monoisotopic (exact) mass is 308 g/mol. The molecule has 0 unspecified atom stereocenters. The van der Waals surface area contributed by atoms with E-state index in [1.807, 2.05) is 12.1 Å². The number of methoxy groups -OCH3 is 1. The van der Waals surface area contributed by atoms with Crippen molar-refractivity contribution >= 4 is 16.7 Å². The van der Waals surface area contributed by atoms with Gasteiger partial charge in [0.15, 0.2) is 0 Å². The van der Waals surface area contributed by atoms with Crippen molar-refractivity contribution < 1.29 is 4.74 Å². The highest BCUT2D eigenvalue weighted by Gasteiger charge is 2.27. The van der Waals surface area contributed by atoms with Crippen molar-refractivity contribution in [2.45, 2.75) is 25.2 Å². The predicted molar refractivity (Wildman–Crippen MR) is 91.1 cm³/mol. The molecule has 3 aromatic rings. The fourth-order valence-electron chi connectivity index (χ4n) is 2.83. The summed E-state index contributed by atoms with van der Waals surface area (Å²) in [6.07, 6.45) is 5.39. The van der Waals surface area contributed by atoms with E-state index < -0.39 is 0 Å². The Hall–Kier alpha value is -2.56. The SMILES string of the molecule is COc1cc(NCCc2c[nH]c3ccccc23)nc(C2CC2)n1. The smallest absolute Gasteiger partial charge is 0.218 e. The van der Waals surface area contributed by atoms with Crippen molar-refractivity contribution in [3.63, 3.8) is 0 Å². The van der Waals surface area contributed by atoms with Gasteiger partial charge in [-0.3, -0.25) is 0 Å². The maximum atomic E-state index is 5.29. The largest absolute Gasteiger partial charge is 0.481 e. The van der Waals surface area contributed by atoms with Crippen LogP contribution in [0.15, 0.2) is 36.5 Å². The molecule has 1 aliphatic rings. The van der Waals surface area contributed by atoms with Crippen molar-refractivity contribution in [3.8, 4) is 5.88 Å². The van der Waals surface area contributed by atoms with E-state index in [9.17, 15) is 0 Å². The number of H-pyrrole nitrogens is 1. The normalized spacial score (nSPS) is 14.1. The summed E-state index contributed by atoms with van der Waals surface area (Å²) >= 11 is 0. The number of benzene rings is 1. The topological polar surface area (TPSA) is 62.8 Å². The molecule has 0 spiro atoms. The number of nitrogens with one attached hydrogen (secondary N) is 2. The molecule has 0 amide bonds. The molecular formula is C18H20N4O. The van der Waals surface area contributed by atoms with E-state index in [1.165, 1.54) is 29.3 Å². The van der Waals surface area contributed by atoms with Crippen LogP contribution in [0.3, 0.4) is 0 Å². The number of anilines is 1. The molecule has 0 aliphatic heterocycles. The highest BCUT2D eigenvalue weighted by molar-refractivity contribution is 5.83. The summed E-state index contributed by atoms with van der Waals surface area (Å²) in [5.41, 5.74) is 2.50.